The van der Waals surface area contributed by atoms with Crippen LogP contribution < -0.4 is 20.5 Å². The molecule has 0 aliphatic rings. The zero-order valence-corrected chi connectivity index (χ0v) is 12.7. The molecule has 1 rings (SSSR count). The van der Waals surface area contributed by atoms with Crippen molar-refractivity contribution >= 4 is 11.6 Å². The van der Waals surface area contributed by atoms with Crippen LogP contribution in [0, 0.1) is 0 Å². The van der Waals surface area contributed by atoms with Crippen LogP contribution in [0.3, 0.4) is 0 Å². The molecule has 20 heavy (non-hydrogen) atoms. The summed E-state index contributed by atoms with van der Waals surface area (Å²) in [6, 6.07) is 5.34. The zero-order valence-electron chi connectivity index (χ0n) is 12.7. The number of rotatable bonds is 7. The van der Waals surface area contributed by atoms with Gasteiger partial charge >= 0.3 is 0 Å². The van der Waals surface area contributed by atoms with Crippen molar-refractivity contribution in [2.45, 2.75) is 39.7 Å². The number of anilines is 1. The molecule has 1 atom stereocenters. The Morgan fingerprint density at radius 2 is 1.90 bits per heavy atom. The Morgan fingerprint density at radius 1 is 1.25 bits per heavy atom. The maximum absolute atomic E-state index is 12.2. The van der Waals surface area contributed by atoms with E-state index in [9.17, 15) is 4.79 Å². The van der Waals surface area contributed by atoms with Crippen molar-refractivity contribution in [3.63, 3.8) is 0 Å². The summed E-state index contributed by atoms with van der Waals surface area (Å²) < 4.78 is 10.9. The van der Waals surface area contributed by atoms with E-state index in [-0.39, 0.29) is 5.91 Å². The van der Waals surface area contributed by atoms with Crippen molar-refractivity contribution in [1.82, 2.24) is 0 Å². The van der Waals surface area contributed by atoms with Gasteiger partial charge in [-0.15, -0.1) is 0 Å². The number of ether oxygens (including phenoxy) is 2. The van der Waals surface area contributed by atoms with Crippen LogP contribution in [0.2, 0.25) is 0 Å². The predicted octanol–water partition coefficient (Wildman–Crippen LogP) is 2.55. The third-order valence-electron chi connectivity index (χ3n) is 3.06. The van der Waals surface area contributed by atoms with E-state index in [0.29, 0.717) is 36.8 Å². The first-order valence-electron chi connectivity index (χ1n) is 6.94. The smallest absolute Gasteiger partial charge is 0.244 e. The molecule has 3 N–H and O–H groups in total. The number of carbonyl (C=O) groups is 1. The third kappa shape index (κ3) is 4.13. The molecule has 0 spiro atoms. The van der Waals surface area contributed by atoms with Crippen LogP contribution in [0.1, 0.15) is 34.1 Å². The monoisotopic (exact) mass is 280 g/mol. The molecule has 0 heterocycles. The number of nitrogens with two attached hydrogens (primary N) is 1. The lowest BCUT2D eigenvalue weighted by atomic mass is 9.99. The Balaban J connectivity index is 3.00. The highest BCUT2D eigenvalue weighted by molar-refractivity contribution is 5.98. The number of amides is 1. The number of carbonyl (C=O) groups excluding carboxylic acids is 1. The molecule has 0 aliphatic heterocycles. The summed E-state index contributed by atoms with van der Waals surface area (Å²) in [5.41, 5.74) is 5.61. The fourth-order valence-corrected chi connectivity index (χ4v) is 1.57. The van der Waals surface area contributed by atoms with Crippen molar-refractivity contribution in [3.8, 4) is 11.5 Å². The fraction of sp³-hybridized carbons (Fsp3) is 0.533. The second-order valence-electron chi connectivity index (χ2n) is 4.75. The maximum atomic E-state index is 12.2. The molecule has 0 aromatic heterocycles. The lowest BCUT2D eigenvalue weighted by Gasteiger charge is -2.22. The first-order valence-corrected chi connectivity index (χ1v) is 6.94. The van der Waals surface area contributed by atoms with E-state index in [1.165, 1.54) is 0 Å². The van der Waals surface area contributed by atoms with Gasteiger partial charge in [-0.05, 0) is 39.3 Å². The highest BCUT2D eigenvalue weighted by Gasteiger charge is 2.26. The Kier molecular flexibility index (Phi) is 5.82. The van der Waals surface area contributed by atoms with Crippen LogP contribution in [0.5, 0.6) is 11.5 Å². The van der Waals surface area contributed by atoms with Gasteiger partial charge in [0.2, 0.25) is 5.91 Å². The lowest BCUT2D eigenvalue weighted by Crippen LogP contribution is -2.47. The number of hydrogen-bond donors (Lipinski definition) is 2. The van der Waals surface area contributed by atoms with E-state index < -0.39 is 5.54 Å². The molecule has 1 aromatic carbocycles. The third-order valence-corrected chi connectivity index (χ3v) is 3.06. The molecule has 1 aromatic rings. The van der Waals surface area contributed by atoms with Crippen LogP contribution in [-0.4, -0.2) is 24.7 Å². The summed E-state index contributed by atoms with van der Waals surface area (Å²) in [7, 11) is 0. The summed E-state index contributed by atoms with van der Waals surface area (Å²) in [5, 5.41) is 2.82. The normalized spacial score (nSPS) is 13.4. The molecule has 1 unspecified atom stereocenters. The summed E-state index contributed by atoms with van der Waals surface area (Å²) in [4.78, 5) is 12.2. The molecule has 0 aliphatic carbocycles. The second kappa shape index (κ2) is 7.14. The van der Waals surface area contributed by atoms with Crippen LogP contribution in [0.4, 0.5) is 5.69 Å². The zero-order chi connectivity index (χ0) is 15.2. The van der Waals surface area contributed by atoms with Crippen molar-refractivity contribution in [2.24, 2.45) is 5.73 Å². The molecular formula is C15H24N2O3. The Hall–Kier alpha value is -1.75. The van der Waals surface area contributed by atoms with Crippen LogP contribution in [-0.2, 0) is 4.79 Å². The van der Waals surface area contributed by atoms with Crippen molar-refractivity contribution in [3.05, 3.63) is 18.2 Å². The van der Waals surface area contributed by atoms with Crippen molar-refractivity contribution in [1.29, 1.82) is 0 Å². The number of nitrogens with one attached hydrogen (secondary N) is 1. The molecule has 0 radical (unpaired) electrons. The van der Waals surface area contributed by atoms with Gasteiger partial charge in [0.25, 0.3) is 0 Å². The highest BCUT2D eigenvalue weighted by Crippen LogP contribution is 2.30. The molecule has 0 saturated carbocycles. The van der Waals surface area contributed by atoms with Gasteiger partial charge in [0.05, 0.1) is 24.4 Å². The van der Waals surface area contributed by atoms with Crippen LogP contribution in [0.25, 0.3) is 0 Å². The van der Waals surface area contributed by atoms with Gasteiger partial charge in [-0.3, -0.25) is 4.79 Å². The molecule has 112 valence electrons. The molecule has 0 fully saturated rings. The average Bonchev–Trinajstić information content (AvgIpc) is 2.42. The number of benzene rings is 1. The van der Waals surface area contributed by atoms with Crippen LogP contribution in [0.15, 0.2) is 18.2 Å². The summed E-state index contributed by atoms with van der Waals surface area (Å²) in [5.74, 6) is 1.05. The van der Waals surface area contributed by atoms with Crippen LogP contribution >= 0.6 is 0 Å². The van der Waals surface area contributed by atoms with Gasteiger partial charge in [0.1, 0.15) is 11.5 Å². The van der Waals surface area contributed by atoms with Gasteiger partial charge < -0.3 is 20.5 Å². The van der Waals surface area contributed by atoms with Crippen molar-refractivity contribution < 1.29 is 14.3 Å². The van der Waals surface area contributed by atoms with Gasteiger partial charge in [-0.1, -0.05) is 6.92 Å². The maximum Gasteiger partial charge on any atom is 0.244 e. The quantitative estimate of drug-likeness (QED) is 0.805. The highest BCUT2D eigenvalue weighted by atomic mass is 16.5. The molecular weight excluding hydrogens is 256 g/mol. The Morgan fingerprint density at radius 3 is 2.45 bits per heavy atom. The average molecular weight is 280 g/mol. The Bertz CT molecular complexity index is 458. The molecule has 0 saturated heterocycles. The minimum absolute atomic E-state index is 0.241. The topological polar surface area (TPSA) is 73.6 Å². The second-order valence-corrected chi connectivity index (χ2v) is 4.75. The largest absolute Gasteiger partial charge is 0.494 e. The molecule has 0 bridgehead atoms. The Labute approximate surface area is 120 Å². The van der Waals surface area contributed by atoms with E-state index in [2.05, 4.69) is 5.32 Å². The summed E-state index contributed by atoms with van der Waals surface area (Å²) in [6.07, 6.45) is 0.550. The van der Waals surface area contributed by atoms with Gasteiger partial charge in [0, 0.05) is 6.07 Å². The van der Waals surface area contributed by atoms with E-state index in [0.717, 1.165) is 0 Å². The molecule has 5 nitrogen and oxygen atoms in total. The minimum atomic E-state index is -0.912. The number of hydrogen-bond acceptors (Lipinski definition) is 4. The fourth-order valence-electron chi connectivity index (χ4n) is 1.57. The van der Waals surface area contributed by atoms with Gasteiger partial charge in [-0.25, -0.2) is 0 Å². The lowest BCUT2D eigenvalue weighted by molar-refractivity contribution is -0.120. The molecule has 5 heteroatoms. The first-order chi connectivity index (χ1) is 9.44. The standard InChI is InChI=1S/C15H24N2O3/c1-5-15(4,16)14(18)17-12-10-11(19-6-2)8-9-13(12)20-7-3/h8-10H,5-7,16H2,1-4H3,(H,17,18). The summed E-state index contributed by atoms with van der Waals surface area (Å²) in [6.45, 7) is 8.45. The van der Waals surface area contributed by atoms with E-state index in [1.54, 1.807) is 19.1 Å². The van der Waals surface area contributed by atoms with Gasteiger partial charge in [-0.2, -0.15) is 0 Å². The van der Waals surface area contributed by atoms with E-state index >= 15 is 0 Å². The predicted molar refractivity (Wildman–Crippen MR) is 80.3 cm³/mol. The first kappa shape index (κ1) is 16.3. The van der Waals surface area contributed by atoms with E-state index in [4.69, 9.17) is 15.2 Å². The SMILES string of the molecule is CCOc1ccc(OCC)c(NC(=O)C(C)(N)CC)c1. The summed E-state index contributed by atoms with van der Waals surface area (Å²) >= 11 is 0. The molecule has 1 amide bonds. The van der Waals surface area contributed by atoms with Gasteiger partial charge in [0.15, 0.2) is 0 Å². The van der Waals surface area contributed by atoms with E-state index in [1.807, 2.05) is 26.8 Å². The van der Waals surface area contributed by atoms with Crippen molar-refractivity contribution in [2.75, 3.05) is 18.5 Å². The minimum Gasteiger partial charge on any atom is -0.494 e.